The monoisotopic (exact) mass is 330 g/mol. The van der Waals surface area contributed by atoms with Crippen LogP contribution in [0.3, 0.4) is 0 Å². The second-order valence-electron chi connectivity index (χ2n) is 5.70. The fourth-order valence-electron chi connectivity index (χ4n) is 2.70. The summed E-state index contributed by atoms with van der Waals surface area (Å²) < 4.78 is 27.6. The van der Waals surface area contributed by atoms with Gasteiger partial charge in [-0.2, -0.15) is 0 Å². The van der Waals surface area contributed by atoms with Crippen LogP contribution >= 0.6 is 0 Å². The molecule has 0 fully saturated rings. The van der Waals surface area contributed by atoms with E-state index < -0.39 is 10.0 Å². The standard InChI is InChI=1S/C17H18N2O3S/c1-12(20)14-4-3-5-16(10-14)23(21,22)18-15-7-6-13-8-9-19(2)17(13)11-15/h3-7,10-11,18H,8-9H2,1-2H3. The van der Waals surface area contributed by atoms with E-state index >= 15 is 0 Å². The molecule has 6 heteroatoms. The fraction of sp³-hybridized carbons (Fsp3) is 0.235. The van der Waals surface area contributed by atoms with Crippen LogP contribution in [-0.4, -0.2) is 27.8 Å². The van der Waals surface area contributed by atoms with E-state index in [4.69, 9.17) is 0 Å². The van der Waals surface area contributed by atoms with Crippen LogP contribution in [0.25, 0.3) is 0 Å². The first kappa shape index (κ1) is 15.6. The van der Waals surface area contributed by atoms with Gasteiger partial charge < -0.3 is 4.90 Å². The van der Waals surface area contributed by atoms with Gasteiger partial charge in [-0.3, -0.25) is 9.52 Å². The van der Waals surface area contributed by atoms with Crippen molar-refractivity contribution in [1.82, 2.24) is 0 Å². The molecule has 1 aliphatic heterocycles. The number of benzene rings is 2. The van der Waals surface area contributed by atoms with Gasteiger partial charge in [0.1, 0.15) is 0 Å². The van der Waals surface area contributed by atoms with Crippen LogP contribution in [0.15, 0.2) is 47.4 Å². The molecule has 0 unspecified atom stereocenters. The first-order valence-corrected chi connectivity index (χ1v) is 8.83. The molecule has 3 rings (SSSR count). The zero-order valence-corrected chi connectivity index (χ0v) is 13.9. The maximum atomic E-state index is 12.5. The smallest absolute Gasteiger partial charge is 0.261 e. The van der Waals surface area contributed by atoms with E-state index in [-0.39, 0.29) is 10.7 Å². The molecule has 0 aliphatic carbocycles. The number of hydrogen-bond acceptors (Lipinski definition) is 4. The summed E-state index contributed by atoms with van der Waals surface area (Å²) >= 11 is 0. The Morgan fingerprint density at radius 3 is 2.70 bits per heavy atom. The lowest BCUT2D eigenvalue weighted by atomic mass is 10.1. The highest BCUT2D eigenvalue weighted by Crippen LogP contribution is 2.30. The third-order valence-electron chi connectivity index (χ3n) is 4.02. The molecule has 0 amide bonds. The summed E-state index contributed by atoms with van der Waals surface area (Å²) in [5.74, 6) is -0.166. The molecule has 0 radical (unpaired) electrons. The van der Waals surface area contributed by atoms with Crippen molar-refractivity contribution in [2.24, 2.45) is 0 Å². The van der Waals surface area contributed by atoms with E-state index in [1.165, 1.54) is 24.6 Å². The van der Waals surface area contributed by atoms with E-state index in [1.807, 2.05) is 19.2 Å². The topological polar surface area (TPSA) is 66.5 Å². The van der Waals surface area contributed by atoms with Crippen LogP contribution in [0.4, 0.5) is 11.4 Å². The third kappa shape index (κ3) is 3.07. The Kier molecular flexibility index (Phi) is 3.85. The zero-order chi connectivity index (χ0) is 16.6. The number of nitrogens with zero attached hydrogens (tertiary/aromatic N) is 1. The van der Waals surface area contributed by atoms with Crippen LogP contribution < -0.4 is 9.62 Å². The predicted molar refractivity (Wildman–Crippen MR) is 90.7 cm³/mol. The van der Waals surface area contributed by atoms with E-state index in [1.54, 1.807) is 18.2 Å². The lowest BCUT2D eigenvalue weighted by Gasteiger charge is -2.14. The minimum atomic E-state index is -3.72. The fourth-order valence-corrected chi connectivity index (χ4v) is 3.79. The molecule has 1 aliphatic rings. The molecule has 1 N–H and O–H groups in total. The highest BCUT2D eigenvalue weighted by Gasteiger charge is 2.19. The lowest BCUT2D eigenvalue weighted by Crippen LogP contribution is -2.15. The van der Waals surface area contributed by atoms with Gasteiger partial charge >= 0.3 is 0 Å². The Bertz CT molecular complexity index is 875. The molecule has 0 saturated carbocycles. The molecule has 0 saturated heterocycles. The molecule has 0 bridgehead atoms. The highest BCUT2D eigenvalue weighted by atomic mass is 32.2. The van der Waals surface area contributed by atoms with Gasteiger partial charge in [0.25, 0.3) is 10.0 Å². The first-order chi connectivity index (χ1) is 10.9. The molecule has 1 heterocycles. The summed E-state index contributed by atoms with van der Waals surface area (Å²) in [6, 6.07) is 11.6. The normalized spacial score (nSPS) is 13.7. The SMILES string of the molecule is CC(=O)c1cccc(S(=O)(=O)Nc2ccc3c(c2)N(C)CC3)c1. The largest absolute Gasteiger partial charge is 0.374 e. The number of carbonyl (C=O) groups excluding carboxylic acids is 1. The number of hydrogen-bond donors (Lipinski definition) is 1. The van der Waals surface area contributed by atoms with Crippen molar-refractivity contribution in [3.8, 4) is 0 Å². The van der Waals surface area contributed by atoms with Crippen LogP contribution in [0, 0.1) is 0 Å². The van der Waals surface area contributed by atoms with E-state index in [2.05, 4.69) is 9.62 Å². The second-order valence-corrected chi connectivity index (χ2v) is 7.39. The molecule has 0 spiro atoms. The summed E-state index contributed by atoms with van der Waals surface area (Å²) in [5.41, 5.74) is 3.16. The zero-order valence-electron chi connectivity index (χ0n) is 13.0. The van der Waals surface area contributed by atoms with Gasteiger partial charge in [-0.1, -0.05) is 18.2 Å². The maximum Gasteiger partial charge on any atom is 0.261 e. The van der Waals surface area contributed by atoms with E-state index in [0.717, 1.165) is 18.7 Å². The predicted octanol–water partition coefficient (Wildman–Crippen LogP) is 2.68. The number of carbonyl (C=O) groups is 1. The van der Waals surface area contributed by atoms with E-state index in [9.17, 15) is 13.2 Å². The Morgan fingerprint density at radius 2 is 1.96 bits per heavy atom. The van der Waals surface area contributed by atoms with Gasteiger partial charge in [0.2, 0.25) is 0 Å². The second kappa shape index (κ2) is 5.70. The summed E-state index contributed by atoms with van der Waals surface area (Å²) in [6.45, 7) is 2.35. The highest BCUT2D eigenvalue weighted by molar-refractivity contribution is 7.92. The average Bonchev–Trinajstić information content (AvgIpc) is 2.88. The van der Waals surface area contributed by atoms with Crippen molar-refractivity contribution in [2.75, 3.05) is 23.2 Å². The lowest BCUT2D eigenvalue weighted by molar-refractivity contribution is 0.101. The Labute approximate surface area is 136 Å². The van der Waals surface area contributed by atoms with Crippen molar-refractivity contribution < 1.29 is 13.2 Å². The Morgan fingerprint density at radius 1 is 1.17 bits per heavy atom. The summed E-state index contributed by atoms with van der Waals surface area (Å²) in [5, 5.41) is 0. The molecule has 0 aromatic heterocycles. The molecular formula is C17H18N2O3S. The number of sulfonamides is 1. The van der Waals surface area contributed by atoms with Crippen LogP contribution in [0.2, 0.25) is 0 Å². The van der Waals surface area contributed by atoms with Crippen molar-refractivity contribution in [3.05, 3.63) is 53.6 Å². The Hall–Kier alpha value is -2.34. The summed E-state index contributed by atoms with van der Waals surface area (Å²) in [4.78, 5) is 13.6. The number of ketones is 1. The number of rotatable bonds is 4. The maximum absolute atomic E-state index is 12.5. The third-order valence-corrected chi connectivity index (χ3v) is 5.40. The van der Waals surface area contributed by atoms with Gasteiger partial charge in [0.15, 0.2) is 5.78 Å². The number of Topliss-reactive ketones (excluding diaryl/α,β-unsaturated/α-hetero) is 1. The van der Waals surface area contributed by atoms with Gasteiger partial charge in [-0.25, -0.2) is 8.42 Å². The molecule has 0 atom stereocenters. The van der Waals surface area contributed by atoms with Gasteiger partial charge in [-0.05, 0) is 43.2 Å². The van der Waals surface area contributed by atoms with Crippen LogP contribution in [0.1, 0.15) is 22.8 Å². The summed E-state index contributed by atoms with van der Waals surface area (Å²) in [6.07, 6.45) is 0.972. The number of likely N-dealkylation sites (N-methyl/N-ethyl adjacent to an activating group) is 1. The van der Waals surface area contributed by atoms with Crippen molar-refractivity contribution in [2.45, 2.75) is 18.2 Å². The van der Waals surface area contributed by atoms with Gasteiger partial charge in [0.05, 0.1) is 10.6 Å². The van der Waals surface area contributed by atoms with Crippen LogP contribution in [0.5, 0.6) is 0 Å². The summed E-state index contributed by atoms with van der Waals surface area (Å²) in [7, 11) is -1.74. The minimum Gasteiger partial charge on any atom is -0.374 e. The molecule has 2 aromatic rings. The van der Waals surface area contributed by atoms with Crippen molar-refractivity contribution in [3.63, 3.8) is 0 Å². The van der Waals surface area contributed by atoms with E-state index in [0.29, 0.717) is 11.3 Å². The number of anilines is 2. The molecular weight excluding hydrogens is 312 g/mol. The first-order valence-electron chi connectivity index (χ1n) is 7.35. The number of fused-ring (bicyclic) bond motifs is 1. The average molecular weight is 330 g/mol. The van der Waals surface area contributed by atoms with Gasteiger partial charge in [0, 0.05) is 24.8 Å². The molecule has 120 valence electrons. The molecule has 23 heavy (non-hydrogen) atoms. The number of nitrogens with one attached hydrogen (secondary N) is 1. The Balaban J connectivity index is 1.91. The van der Waals surface area contributed by atoms with Crippen molar-refractivity contribution >= 4 is 27.2 Å². The van der Waals surface area contributed by atoms with Gasteiger partial charge in [-0.15, -0.1) is 0 Å². The minimum absolute atomic E-state index is 0.0825. The quantitative estimate of drug-likeness (QED) is 0.875. The molecule has 5 nitrogen and oxygen atoms in total. The molecule has 2 aromatic carbocycles. The van der Waals surface area contributed by atoms with Crippen LogP contribution in [-0.2, 0) is 16.4 Å². The van der Waals surface area contributed by atoms with Crippen molar-refractivity contribution in [1.29, 1.82) is 0 Å².